The third-order valence-corrected chi connectivity index (χ3v) is 1.70. The molecule has 0 aliphatic rings. The highest BCUT2D eigenvalue weighted by atomic mass is 16.2. The van der Waals surface area contributed by atoms with Crippen LogP contribution in [0.3, 0.4) is 0 Å². The maximum absolute atomic E-state index is 8.12. The Labute approximate surface area is 121 Å². The fourth-order valence-electron chi connectivity index (χ4n) is 0.785. The van der Waals surface area contributed by atoms with Gasteiger partial charge in [-0.25, -0.2) is 0 Å². The van der Waals surface area contributed by atoms with Gasteiger partial charge >= 0.3 is 12.3 Å². The molecule has 0 fully saturated rings. The van der Waals surface area contributed by atoms with E-state index in [2.05, 4.69) is 10.2 Å². The number of aliphatic hydroxyl groups excluding tert-OH is 1. The van der Waals surface area contributed by atoms with E-state index in [0.29, 0.717) is 0 Å². The fourth-order valence-corrected chi connectivity index (χ4v) is 0.785. The summed E-state index contributed by atoms with van der Waals surface area (Å²) in [6, 6.07) is 3.86. The van der Waals surface area contributed by atoms with Crippen LogP contribution in [-0.4, -0.2) is 44.1 Å². The third-order valence-electron chi connectivity index (χ3n) is 1.70. The van der Waals surface area contributed by atoms with Gasteiger partial charge in [0.1, 0.15) is 0 Å². The molecule has 9 nitrogen and oxygen atoms in total. The summed E-state index contributed by atoms with van der Waals surface area (Å²) in [6.07, 6.45) is 5.93. The maximum atomic E-state index is 8.12. The van der Waals surface area contributed by atoms with Gasteiger partial charge in [-0.15, -0.1) is 0 Å². The van der Waals surface area contributed by atoms with Crippen LogP contribution in [0.2, 0.25) is 0 Å². The highest BCUT2D eigenvalue weighted by molar-refractivity contribution is 5.20. The molecule has 9 heteroatoms. The smallest absolute Gasteiger partial charge is 0.373 e. The zero-order chi connectivity index (χ0) is 17.1. The van der Waals surface area contributed by atoms with E-state index in [1.54, 1.807) is 17.1 Å². The first-order valence-electron chi connectivity index (χ1n) is 5.35. The Morgan fingerprint density at radius 1 is 1.00 bits per heavy atom. The molecule has 0 spiro atoms. The zero-order valence-corrected chi connectivity index (χ0v) is 12.3. The van der Waals surface area contributed by atoms with Crippen LogP contribution in [-0.2, 0) is 33.3 Å². The lowest BCUT2D eigenvalue weighted by Gasteiger charge is -1.87. The molecule has 0 saturated carbocycles. The van der Waals surface area contributed by atoms with Crippen LogP contribution in [0.5, 0.6) is 0 Å². The Morgan fingerprint density at radius 3 is 1.57 bits per heavy atom. The molecule has 21 heavy (non-hydrogen) atoms. The molecule has 0 aromatic carbocycles. The summed E-state index contributed by atoms with van der Waals surface area (Å²) in [5.74, 6) is 0. The van der Waals surface area contributed by atoms with Crippen molar-refractivity contribution in [1.82, 2.24) is 19.6 Å². The summed E-state index contributed by atoms with van der Waals surface area (Å²) in [7, 11) is 4.81. The van der Waals surface area contributed by atoms with Crippen LogP contribution < -0.4 is 0 Å². The van der Waals surface area contributed by atoms with Crippen LogP contribution in [0.25, 0.3) is 0 Å². The molecule has 0 radical (unpaired) electrons. The second-order valence-corrected chi connectivity index (χ2v) is 2.94. The van der Waals surface area contributed by atoms with Crippen LogP contribution in [0, 0.1) is 6.92 Å². The van der Waals surface area contributed by atoms with E-state index in [1.165, 1.54) is 5.69 Å². The van der Waals surface area contributed by atoms with Gasteiger partial charge in [-0.3, -0.25) is 9.36 Å². The number of aromatic nitrogens is 4. The quantitative estimate of drug-likeness (QED) is 0.701. The van der Waals surface area contributed by atoms with E-state index in [9.17, 15) is 0 Å². The molecule has 0 bridgehead atoms. The number of aryl methyl sites for hydroxylation is 3. The molecular formula is C12H18N4O5. The van der Waals surface area contributed by atoms with E-state index >= 15 is 0 Å². The Balaban J connectivity index is -0.000000211. The average Bonchev–Trinajstić information content (AvgIpc) is 3.07. The largest absolute Gasteiger partial charge is 0.400 e. The predicted octanol–water partition coefficient (Wildman–Crippen LogP) is -0.410. The Hall–Kier alpha value is -2.86. The lowest BCUT2D eigenvalue weighted by molar-refractivity contribution is -0.193. The van der Waals surface area contributed by atoms with Crippen LogP contribution in [0.1, 0.15) is 5.69 Å². The molecular weight excluding hydrogens is 280 g/mol. The summed E-state index contributed by atoms with van der Waals surface area (Å²) in [5, 5.41) is 14.8. The van der Waals surface area contributed by atoms with E-state index < -0.39 is 0 Å². The fraction of sp³-hybridized carbons (Fsp3) is 0.333. The monoisotopic (exact) mass is 298 g/mol. The van der Waals surface area contributed by atoms with Crippen molar-refractivity contribution in [3.63, 3.8) is 0 Å². The first-order valence-corrected chi connectivity index (χ1v) is 5.35. The summed E-state index contributed by atoms with van der Waals surface area (Å²) in [5.41, 5.74) is 1.19. The minimum absolute atomic E-state index is 0.250. The molecule has 0 atom stereocenters. The normalized spacial score (nSPS) is 6.71. The molecule has 0 saturated heterocycles. The van der Waals surface area contributed by atoms with Crippen molar-refractivity contribution in [3.8, 4) is 0 Å². The molecule has 2 aromatic rings. The molecule has 2 rings (SSSR count). The molecule has 0 aliphatic heterocycles. The van der Waals surface area contributed by atoms with Crippen molar-refractivity contribution in [3.05, 3.63) is 36.4 Å². The number of rotatable bonds is 0. The average molecular weight is 298 g/mol. The van der Waals surface area contributed by atoms with Crippen LogP contribution in [0.4, 0.5) is 0 Å². The zero-order valence-electron chi connectivity index (χ0n) is 12.3. The van der Waals surface area contributed by atoms with Crippen molar-refractivity contribution in [1.29, 1.82) is 0 Å². The van der Waals surface area contributed by atoms with Gasteiger partial charge < -0.3 is 5.11 Å². The van der Waals surface area contributed by atoms with Crippen molar-refractivity contribution in [2.75, 3.05) is 7.11 Å². The van der Waals surface area contributed by atoms with Crippen LogP contribution >= 0.6 is 0 Å². The maximum Gasteiger partial charge on any atom is 0.373 e. The van der Waals surface area contributed by atoms with Gasteiger partial charge in [0.2, 0.25) is 0 Å². The van der Waals surface area contributed by atoms with Crippen LogP contribution in [0.15, 0.2) is 30.7 Å². The van der Waals surface area contributed by atoms with Crippen molar-refractivity contribution < 1.29 is 24.3 Å². The first-order chi connectivity index (χ1) is 10.0. The lowest BCUT2D eigenvalue weighted by Crippen LogP contribution is -1.90. The summed E-state index contributed by atoms with van der Waals surface area (Å²) in [6.45, 7) is 2.02. The first kappa shape index (κ1) is 23.2. The minimum atomic E-state index is 0.250. The molecule has 116 valence electrons. The van der Waals surface area contributed by atoms with Crippen molar-refractivity contribution in [2.45, 2.75) is 6.92 Å². The van der Waals surface area contributed by atoms with Gasteiger partial charge in [-0.1, -0.05) is 0 Å². The molecule has 2 heterocycles. The highest BCUT2D eigenvalue weighted by Crippen LogP contribution is 1.88. The lowest BCUT2D eigenvalue weighted by atomic mass is 10.5. The Kier molecular flexibility index (Phi) is 21.6. The SMILES string of the molecule is CO.Cc1ccnn1C.Cn1cccn1.O=C=O.O=C=O. The number of aliphatic hydroxyl groups is 1. The van der Waals surface area contributed by atoms with Gasteiger partial charge in [0.05, 0.1) is 0 Å². The molecule has 0 aliphatic carbocycles. The standard InChI is InChI=1S/C5H8N2.C4H6N2.2CO2.CH4O/c1-5-3-4-6-7(5)2;1-6-4-2-3-5-6;2*2-1-3;1-2/h3-4H,1-2H3;2-4H,1H3;;;2H,1H3. The molecule has 1 N–H and O–H groups in total. The second-order valence-electron chi connectivity index (χ2n) is 2.94. The summed E-state index contributed by atoms with van der Waals surface area (Å²) < 4.78 is 3.58. The van der Waals surface area contributed by atoms with E-state index in [1.807, 2.05) is 44.0 Å². The third kappa shape index (κ3) is 19.7. The highest BCUT2D eigenvalue weighted by Gasteiger charge is 1.83. The Morgan fingerprint density at radius 2 is 1.48 bits per heavy atom. The van der Waals surface area contributed by atoms with E-state index in [-0.39, 0.29) is 12.3 Å². The topological polar surface area (TPSA) is 124 Å². The van der Waals surface area contributed by atoms with Gasteiger partial charge in [-0.05, 0) is 19.1 Å². The van der Waals surface area contributed by atoms with E-state index in [0.717, 1.165) is 7.11 Å². The number of hydrogen-bond donors (Lipinski definition) is 1. The molecule has 0 unspecified atom stereocenters. The number of hydrogen-bond acceptors (Lipinski definition) is 7. The Bertz CT molecular complexity index is 467. The van der Waals surface area contributed by atoms with Gasteiger partial charge in [0.15, 0.2) is 0 Å². The minimum Gasteiger partial charge on any atom is -0.400 e. The van der Waals surface area contributed by atoms with Gasteiger partial charge in [0.25, 0.3) is 0 Å². The van der Waals surface area contributed by atoms with Crippen molar-refractivity contribution >= 4 is 12.3 Å². The summed E-state index contributed by atoms with van der Waals surface area (Å²) >= 11 is 0. The number of carbonyl (C=O) groups excluding carboxylic acids is 4. The molecule has 2 aromatic heterocycles. The van der Waals surface area contributed by atoms with Gasteiger partial charge in [-0.2, -0.15) is 29.4 Å². The molecule has 0 amide bonds. The summed E-state index contributed by atoms with van der Waals surface area (Å²) in [4.78, 5) is 32.5. The van der Waals surface area contributed by atoms with E-state index in [4.69, 9.17) is 24.3 Å². The van der Waals surface area contributed by atoms with Crippen molar-refractivity contribution in [2.24, 2.45) is 14.1 Å². The predicted molar refractivity (Wildman–Crippen MR) is 69.3 cm³/mol. The number of nitrogens with zero attached hydrogens (tertiary/aromatic N) is 4. The second kappa shape index (κ2) is 19.5. The van der Waals surface area contributed by atoms with Gasteiger partial charge in [0, 0.05) is 45.5 Å².